The van der Waals surface area contributed by atoms with Gasteiger partial charge in [-0.15, -0.1) is 0 Å². The van der Waals surface area contributed by atoms with Gasteiger partial charge in [0, 0.05) is 62.1 Å². The fraction of sp³-hybridized carbons (Fsp3) is 0.444. The first-order chi connectivity index (χ1) is 17.1. The van der Waals surface area contributed by atoms with Crippen LogP contribution in [0.4, 0.5) is 5.69 Å². The number of nitrogens with one attached hydrogen (secondary N) is 3. The summed E-state index contributed by atoms with van der Waals surface area (Å²) in [6, 6.07) is 7.87. The van der Waals surface area contributed by atoms with Gasteiger partial charge in [0.1, 0.15) is 0 Å². The van der Waals surface area contributed by atoms with E-state index in [0.717, 1.165) is 74.6 Å². The third-order valence-electron chi connectivity index (χ3n) is 5.99. The highest BCUT2D eigenvalue weighted by molar-refractivity contribution is 5.99. The van der Waals surface area contributed by atoms with Crippen LogP contribution < -0.4 is 10.6 Å². The molecule has 2 aliphatic rings. The van der Waals surface area contributed by atoms with E-state index in [1.807, 2.05) is 43.5 Å². The molecule has 0 aliphatic carbocycles. The molecule has 3 rings (SSSR count). The van der Waals surface area contributed by atoms with Crippen LogP contribution in [-0.2, 0) is 16.1 Å². The average molecular weight is 480 g/mol. The van der Waals surface area contributed by atoms with E-state index in [1.54, 1.807) is 12.3 Å². The summed E-state index contributed by atoms with van der Waals surface area (Å²) in [5.41, 5.74) is 4.78. The summed E-state index contributed by atoms with van der Waals surface area (Å²) >= 11 is 0. The van der Waals surface area contributed by atoms with Crippen LogP contribution >= 0.6 is 0 Å². The summed E-state index contributed by atoms with van der Waals surface area (Å²) in [6.07, 6.45) is 10.6. The molecule has 0 aromatic heterocycles. The van der Waals surface area contributed by atoms with Crippen LogP contribution in [0.3, 0.4) is 0 Å². The van der Waals surface area contributed by atoms with Gasteiger partial charge < -0.3 is 25.9 Å². The van der Waals surface area contributed by atoms with Crippen molar-refractivity contribution in [3.8, 4) is 0 Å². The Morgan fingerprint density at radius 1 is 1.29 bits per heavy atom. The van der Waals surface area contributed by atoms with Crippen LogP contribution in [-0.4, -0.2) is 73.8 Å². The molecule has 2 heterocycles. The van der Waals surface area contributed by atoms with Gasteiger partial charge in [0.2, 0.25) is 5.91 Å². The Bertz CT molecular complexity index is 960. The van der Waals surface area contributed by atoms with Gasteiger partial charge in [0.15, 0.2) is 0 Å². The standard InChI is InChI=1S/C27H37N5O3/c1-21(20-33)30-18-24(16-28)26-5-3-11-29-17-23(26)4-2-6-27(34)31-25-9-7-22(8-10-25)19-32-12-14-35-15-13-32/h2,6-10,16-18,21,28,30,33H,3-5,11-15,19-20H2,1H3,(H,31,34)/b6-2+,24-18+,28-16?. The summed E-state index contributed by atoms with van der Waals surface area (Å²) in [7, 11) is 0. The minimum Gasteiger partial charge on any atom is -0.394 e. The highest BCUT2D eigenvalue weighted by Crippen LogP contribution is 2.23. The van der Waals surface area contributed by atoms with E-state index in [2.05, 4.69) is 20.5 Å². The van der Waals surface area contributed by atoms with E-state index >= 15 is 0 Å². The van der Waals surface area contributed by atoms with Gasteiger partial charge in [-0.1, -0.05) is 18.2 Å². The zero-order chi connectivity index (χ0) is 24.9. The van der Waals surface area contributed by atoms with Crippen molar-refractivity contribution in [1.82, 2.24) is 10.2 Å². The number of morpholine rings is 1. The Morgan fingerprint density at radius 3 is 2.77 bits per heavy atom. The van der Waals surface area contributed by atoms with Crippen molar-refractivity contribution < 1.29 is 14.6 Å². The summed E-state index contributed by atoms with van der Waals surface area (Å²) in [5, 5.41) is 23.1. The number of amides is 1. The van der Waals surface area contributed by atoms with Crippen molar-refractivity contribution in [3.05, 3.63) is 64.9 Å². The number of aliphatic hydroxyl groups excluding tert-OH is 1. The Hall–Kier alpha value is -3.07. The Balaban J connectivity index is 1.58. The van der Waals surface area contributed by atoms with Gasteiger partial charge in [-0.3, -0.25) is 14.7 Å². The lowest BCUT2D eigenvalue weighted by molar-refractivity contribution is -0.111. The van der Waals surface area contributed by atoms with Gasteiger partial charge in [-0.2, -0.15) is 0 Å². The molecule has 1 aromatic carbocycles. The van der Waals surface area contributed by atoms with Crippen LogP contribution in [0.15, 0.2) is 64.3 Å². The fourth-order valence-electron chi connectivity index (χ4n) is 3.95. The predicted octanol–water partition coefficient (Wildman–Crippen LogP) is 3.07. The zero-order valence-corrected chi connectivity index (χ0v) is 20.5. The second kappa shape index (κ2) is 14.4. The number of carbonyl (C=O) groups is 1. The first-order valence-electron chi connectivity index (χ1n) is 12.3. The maximum atomic E-state index is 12.5. The second-order valence-corrected chi connectivity index (χ2v) is 8.82. The number of rotatable bonds is 11. The monoisotopic (exact) mass is 479 g/mol. The minimum atomic E-state index is -0.181. The lowest BCUT2D eigenvalue weighted by Gasteiger charge is -2.26. The molecule has 0 radical (unpaired) electrons. The molecular formula is C27H37N5O3. The molecule has 0 saturated carbocycles. The third-order valence-corrected chi connectivity index (χ3v) is 5.99. The van der Waals surface area contributed by atoms with Gasteiger partial charge in [0.05, 0.1) is 19.8 Å². The number of allylic oxidation sites excluding steroid dienone is 4. The van der Waals surface area contributed by atoms with Crippen molar-refractivity contribution in [1.29, 1.82) is 5.41 Å². The number of hydrogen-bond donors (Lipinski definition) is 4. The highest BCUT2D eigenvalue weighted by atomic mass is 16.5. The van der Waals surface area contributed by atoms with E-state index in [9.17, 15) is 9.90 Å². The van der Waals surface area contributed by atoms with E-state index in [-0.39, 0.29) is 18.6 Å². The first kappa shape index (κ1) is 26.5. The molecule has 1 aromatic rings. The summed E-state index contributed by atoms with van der Waals surface area (Å²) in [5.74, 6) is -0.181. The van der Waals surface area contributed by atoms with E-state index in [0.29, 0.717) is 6.42 Å². The Labute approximate surface area is 208 Å². The number of nitrogens with zero attached hydrogens (tertiary/aromatic N) is 2. The number of hydrogen-bond acceptors (Lipinski definition) is 7. The average Bonchev–Trinajstić information content (AvgIpc) is 3.12. The maximum Gasteiger partial charge on any atom is 0.248 e. The van der Waals surface area contributed by atoms with Crippen molar-refractivity contribution in [2.75, 3.05) is 44.8 Å². The maximum absolute atomic E-state index is 12.5. The lowest BCUT2D eigenvalue weighted by Crippen LogP contribution is -2.35. The van der Waals surface area contributed by atoms with Gasteiger partial charge in [-0.05, 0) is 61.1 Å². The number of anilines is 1. The van der Waals surface area contributed by atoms with Crippen LogP contribution in [0.2, 0.25) is 0 Å². The third kappa shape index (κ3) is 8.90. The molecule has 8 heteroatoms. The van der Waals surface area contributed by atoms with Crippen molar-refractivity contribution in [3.63, 3.8) is 0 Å². The normalized spacial score (nSPS) is 18.4. The molecule has 1 amide bonds. The first-order valence-corrected chi connectivity index (χ1v) is 12.3. The fourth-order valence-corrected chi connectivity index (χ4v) is 3.95. The van der Waals surface area contributed by atoms with Gasteiger partial charge in [-0.25, -0.2) is 0 Å². The molecule has 188 valence electrons. The number of carbonyl (C=O) groups excluding carboxylic acids is 1. The second-order valence-electron chi connectivity index (χ2n) is 8.82. The molecule has 1 saturated heterocycles. The van der Waals surface area contributed by atoms with E-state index in [1.165, 1.54) is 11.8 Å². The Kier molecular flexibility index (Phi) is 10.9. The SMILES string of the molecule is CC(CO)N/C=C(\C=N)C1=C(C/C=C/C(=O)Nc2ccc(CN3CCOCC3)cc2)C=NCCC1. The number of benzene rings is 1. The smallest absolute Gasteiger partial charge is 0.248 e. The summed E-state index contributed by atoms with van der Waals surface area (Å²) < 4.78 is 5.39. The van der Waals surface area contributed by atoms with Crippen molar-refractivity contribution in [2.45, 2.75) is 38.8 Å². The van der Waals surface area contributed by atoms with Gasteiger partial charge in [0.25, 0.3) is 0 Å². The summed E-state index contributed by atoms with van der Waals surface area (Å²) in [4.78, 5) is 19.3. The molecular weight excluding hydrogens is 442 g/mol. The molecule has 1 fully saturated rings. The van der Waals surface area contributed by atoms with Crippen LogP contribution in [0, 0.1) is 5.41 Å². The Morgan fingerprint density at radius 2 is 2.06 bits per heavy atom. The molecule has 2 aliphatic heterocycles. The van der Waals surface area contributed by atoms with Crippen LogP contribution in [0.5, 0.6) is 0 Å². The number of aliphatic hydroxyl groups is 1. The largest absolute Gasteiger partial charge is 0.394 e. The highest BCUT2D eigenvalue weighted by Gasteiger charge is 2.13. The summed E-state index contributed by atoms with van der Waals surface area (Å²) in [6.45, 7) is 6.97. The van der Waals surface area contributed by atoms with Crippen LogP contribution in [0.1, 0.15) is 31.7 Å². The number of ether oxygens (including phenoxy) is 1. The molecule has 1 unspecified atom stereocenters. The minimum absolute atomic E-state index is 0.0175. The topological polar surface area (TPSA) is 110 Å². The van der Waals surface area contributed by atoms with E-state index in [4.69, 9.17) is 10.1 Å². The van der Waals surface area contributed by atoms with Crippen molar-refractivity contribution in [2.24, 2.45) is 4.99 Å². The molecule has 4 N–H and O–H groups in total. The quantitative estimate of drug-likeness (QED) is 0.288. The van der Waals surface area contributed by atoms with Crippen molar-refractivity contribution >= 4 is 24.0 Å². The number of aliphatic imine (C=N–C) groups is 1. The van der Waals surface area contributed by atoms with Crippen LogP contribution in [0.25, 0.3) is 0 Å². The predicted molar refractivity (Wildman–Crippen MR) is 141 cm³/mol. The molecule has 0 spiro atoms. The molecule has 0 bridgehead atoms. The van der Waals surface area contributed by atoms with Gasteiger partial charge >= 0.3 is 0 Å². The zero-order valence-electron chi connectivity index (χ0n) is 20.5. The molecule has 35 heavy (non-hydrogen) atoms. The molecule has 8 nitrogen and oxygen atoms in total. The molecule has 1 atom stereocenters. The lowest BCUT2D eigenvalue weighted by atomic mass is 9.95. The van der Waals surface area contributed by atoms with E-state index < -0.39 is 0 Å².